The van der Waals surface area contributed by atoms with Gasteiger partial charge in [-0.25, -0.2) is 0 Å². The highest BCUT2D eigenvalue weighted by Gasteiger charge is 2.22. The van der Waals surface area contributed by atoms with Crippen molar-refractivity contribution in [2.45, 2.75) is 12.6 Å². The first-order valence-corrected chi connectivity index (χ1v) is 7.14. The van der Waals surface area contributed by atoms with Crippen molar-refractivity contribution < 1.29 is 9.84 Å². The number of benzene rings is 1. The lowest BCUT2D eigenvalue weighted by Crippen LogP contribution is -2.46. The summed E-state index contributed by atoms with van der Waals surface area (Å²) in [4.78, 5) is 2.32. The van der Waals surface area contributed by atoms with E-state index >= 15 is 0 Å². The van der Waals surface area contributed by atoms with Crippen molar-refractivity contribution in [2.24, 2.45) is 0 Å². The van der Waals surface area contributed by atoms with Gasteiger partial charge < -0.3 is 9.84 Å². The number of hydrogen-bond acceptors (Lipinski definition) is 4. The van der Waals surface area contributed by atoms with Gasteiger partial charge in [0.25, 0.3) is 0 Å². The van der Waals surface area contributed by atoms with Gasteiger partial charge in [-0.15, -0.1) is 11.3 Å². The summed E-state index contributed by atoms with van der Waals surface area (Å²) in [6, 6.07) is 8.63. The van der Waals surface area contributed by atoms with Gasteiger partial charge >= 0.3 is 0 Å². The molecule has 1 N–H and O–H groups in total. The van der Waals surface area contributed by atoms with E-state index in [4.69, 9.17) is 4.74 Å². The van der Waals surface area contributed by atoms with E-state index in [1.807, 2.05) is 0 Å². The number of nitrogens with zero attached hydrogens (tertiary/aromatic N) is 1. The summed E-state index contributed by atoms with van der Waals surface area (Å²) in [5.41, 5.74) is 1.36. The number of hydrogen-bond donors (Lipinski definition) is 1. The molecule has 0 amide bonds. The summed E-state index contributed by atoms with van der Waals surface area (Å²) in [6.45, 7) is 3.37. The second kappa shape index (κ2) is 5.36. The average Bonchev–Trinajstić information content (AvgIpc) is 2.83. The Morgan fingerprint density at radius 1 is 1.39 bits per heavy atom. The summed E-state index contributed by atoms with van der Waals surface area (Å²) >= 11 is 1.79. The van der Waals surface area contributed by atoms with Crippen molar-refractivity contribution in [2.75, 3.05) is 26.4 Å². The number of fused-ring (bicyclic) bond motifs is 1. The van der Waals surface area contributed by atoms with Crippen LogP contribution in [-0.2, 0) is 11.3 Å². The van der Waals surface area contributed by atoms with Crippen molar-refractivity contribution in [3.05, 3.63) is 35.2 Å². The lowest BCUT2D eigenvalue weighted by molar-refractivity contribution is -0.0310. The van der Waals surface area contributed by atoms with E-state index in [0.717, 1.165) is 19.7 Å². The molecule has 0 spiro atoms. The second-order valence-electron chi connectivity index (χ2n) is 4.64. The number of thiophene rings is 1. The molecule has 0 aliphatic carbocycles. The molecule has 1 saturated heterocycles. The molecule has 18 heavy (non-hydrogen) atoms. The quantitative estimate of drug-likeness (QED) is 0.920. The van der Waals surface area contributed by atoms with Crippen LogP contribution >= 0.6 is 11.3 Å². The van der Waals surface area contributed by atoms with Crippen LogP contribution in [0.25, 0.3) is 10.1 Å². The van der Waals surface area contributed by atoms with E-state index in [0.29, 0.717) is 6.61 Å². The van der Waals surface area contributed by atoms with Crippen LogP contribution < -0.4 is 0 Å². The van der Waals surface area contributed by atoms with Crippen LogP contribution in [0.1, 0.15) is 5.56 Å². The predicted octanol–water partition coefficient (Wildman–Crippen LogP) is 2.09. The smallest absolute Gasteiger partial charge is 0.0644 e. The first-order valence-electron chi connectivity index (χ1n) is 6.26. The molecule has 2 aromatic rings. The maximum atomic E-state index is 9.38. The van der Waals surface area contributed by atoms with Gasteiger partial charge in [0, 0.05) is 17.8 Å². The van der Waals surface area contributed by atoms with E-state index in [1.165, 1.54) is 15.6 Å². The van der Waals surface area contributed by atoms with Crippen LogP contribution in [0.5, 0.6) is 0 Å². The molecule has 0 bridgehead atoms. The first-order chi connectivity index (χ1) is 8.88. The second-order valence-corrected chi connectivity index (χ2v) is 5.55. The Morgan fingerprint density at radius 2 is 2.28 bits per heavy atom. The van der Waals surface area contributed by atoms with Gasteiger partial charge in [-0.1, -0.05) is 18.2 Å². The SMILES string of the molecule is OCC1COCCN1Cc1csc2ccccc12. The molecule has 1 fully saturated rings. The highest BCUT2D eigenvalue weighted by Crippen LogP contribution is 2.27. The van der Waals surface area contributed by atoms with Crippen molar-refractivity contribution in [3.63, 3.8) is 0 Å². The molecular weight excluding hydrogens is 246 g/mol. The molecule has 1 aromatic heterocycles. The highest BCUT2D eigenvalue weighted by atomic mass is 32.1. The lowest BCUT2D eigenvalue weighted by Gasteiger charge is -2.34. The summed E-state index contributed by atoms with van der Waals surface area (Å²) < 4.78 is 6.75. The average molecular weight is 263 g/mol. The number of aliphatic hydroxyl groups is 1. The normalized spacial score (nSPS) is 21.5. The van der Waals surface area contributed by atoms with Crippen LogP contribution in [0.2, 0.25) is 0 Å². The zero-order valence-corrected chi connectivity index (χ0v) is 11.0. The number of morpholine rings is 1. The van der Waals surface area contributed by atoms with Gasteiger partial charge in [-0.2, -0.15) is 0 Å². The molecule has 1 aromatic carbocycles. The predicted molar refractivity (Wildman–Crippen MR) is 73.9 cm³/mol. The van der Waals surface area contributed by atoms with Crippen molar-refractivity contribution in [3.8, 4) is 0 Å². The molecule has 1 unspecified atom stereocenters. The first kappa shape index (κ1) is 12.1. The standard InChI is InChI=1S/C14H17NO2S/c16-8-12-9-17-6-5-15(12)7-11-10-18-14-4-2-1-3-13(11)14/h1-4,10,12,16H,5-9H2. The lowest BCUT2D eigenvalue weighted by atomic mass is 10.1. The van der Waals surface area contributed by atoms with E-state index < -0.39 is 0 Å². The molecule has 96 valence electrons. The molecule has 1 aliphatic rings. The Morgan fingerprint density at radius 3 is 3.17 bits per heavy atom. The molecule has 0 saturated carbocycles. The summed E-state index contributed by atoms with van der Waals surface area (Å²) in [6.07, 6.45) is 0. The van der Waals surface area contributed by atoms with Gasteiger partial charge in [-0.05, 0) is 22.4 Å². The molecular formula is C14H17NO2S. The molecule has 3 rings (SSSR count). The Bertz CT molecular complexity index is 525. The Balaban J connectivity index is 1.82. The minimum Gasteiger partial charge on any atom is -0.395 e. The van der Waals surface area contributed by atoms with E-state index in [2.05, 4.69) is 34.5 Å². The molecule has 3 nitrogen and oxygen atoms in total. The summed E-state index contributed by atoms with van der Waals surface area (Å²) in [5.74, 6) is 0. The van der Waals surface area contributed by atoms with E-state index in [1.54, 1.807) is 11.3 Å². The third kappa shape index (κ3) is 2.29. The zero-order chi connectivity index (χ0) is 12.4. The molecule has 4 heteroatoms. The number of ether oxygens (including phenoxy) is 1. The Hall–Kier alpha value is -0.940. The van der Waals surface area contributed by atoms with E-state index in [9.17, 15) is 5.11 Å². The van der Waals surface area contributed by atoms with Crippen LogP contribution in [-0.4, -0.2) is 42.4 Å². The number of aliphatic hydroxyl groups excluding tert-OH is 1. The molecule has 1 atom stereocenters. The summed E-state index contributed by atoms with van der Waals surface area (Å²) in [7, 11) is 0. The fourth-order valence-corrected chi connectivity index (χ4v) is 3.39. The fourth-order valence-electron chi connectivity index (χ4n) is 2.44. The minimum absolute atomic E-state index is 0.136. The van der Waals surface area contributed by atoms with Gasteiger partial charge in [0.1, 0.15) is 0 Å². The van der Waals surface area contributed by atoms with Crippen molar-refractivity contribution in [1.82, 2.24) is 4.90 Å². The van der Waals surface area contributed by atoms with Crippen LogP contribution in [0.4, 0.5) is 0 Å². The monoisotopic (exact) mass is 263 g/mol. The fraction of sp³-hybridized carbons (Fsp3) is 0.429. The van der Waals surface area contributed by atoms with Crippen LogP contribution in [0.3, 0.4) is 0 Å². The Labute approximate surface area is 111 Å². The maximum absolute atomic E-state index is 9.38. The third-order valence-electron chi connectivity index (χ3n) is 3.49. The van der Waals surface area contributed by atoms with Crippen LogP contribution in [0.15, 0.2) is 29.6 Å². The maximum Gasteiger partial charge on any atom is 0.0644 e. The number of rotatable bonds is 3. The van der Waals surface area contributed by atoms with Crippen LogP contribution in [0, 0.1) is 0 Å². The highest BCUT2D eigenvalue weighted by molar-refractivity contribution is 7.17. The largest absolute Gasteiger partial charge is 0.395 e. The Kier molecular flexibility index (Phi) is 3.61. The summed E-state index contributed by atoms with van der Waals surface area (Å²) in [5, 5.41) is 13.0. The topological polar surface area (TPSA) is 32.7 Å². The van der Waals surface area contributed by atoms with Gasteiger partial charge in [0.15, 0.2) is 0 Å². The minimum atomic E-state index is 0.136. The molecule has 1 aliphatic heterocycles. The molecule has 2 heterocycles. The van der Waals surface area contributed by atoms with Gasteiger partial charge in [0.2, 0.25) is 0 Å². The zero-order valence-electron chi connectivity index (χ0n) is 10.2. The van der Waals surface area contributed by atoms with Gasteiger partial charge in [-0.3, -0.25) is 4.90 Å². The third-order valence-corrected chi connectivity index (χ3v) is 4.51. The van der Waals surface area contributed by atoms with Crippen molar-refractivity contribution in [1.29, 1.82) is 0 Å². The van der Waals surface area contributed by atoms with Crippen molar-refractivity contribution >= 4 is 21.4 Å². The van der Waals surface area contributed by atoms with E-state index in [-0.39, 0.29) is 12.6 Å². The molecule has 0 radical (unpaired) electrons. The van der Waals surface area contributed by atoms with Gasteiger partial charge in [0.05, 0.1) is 25.9 Å².